The molecule has 0 bridgehead atoms. The number of aliphatic hydroxyl groups excluding tert-OH is 2. The van der Waals surface area contributed by atoms with Gasteiger partial charge in [0.25, 0.3) is 0 Å². The van der Waals surface area contributed by atoms with Gasteiger partial charge in [-0.05, 0) is 12.5 Å². The zero-order valence-corrected chi connectivity index (χ0v) is 8.85. The van der Waals surface area contributed by atoms with Gasteiger partial charge in [0.1, 0.15) is 18.2 Å². The first-order chi connectivity index (χ1) is 7.47. The molecule has 0 aromatic carbocycles. The first-order valence-electron chi connectivity index (χ1n) is 4.70. The molecule has 0 aromatic heterocycles. The smallest absolute Gasteiger partial charge is 0.303 e. The topological polar surface area (TPSA) is 125 Å². The Labute approximate surface area is 91.4 Å². The van der Waals surface area contributed by atoms with E-state index in [0.29, 0.717) is 0 Å². The second-order valence-corrected chi connectivity index (χ2v) is 3.49. The lowest BCUT2D eigenvalue weighted by molar-refractivity contribution is -0.242. The lowest BCUT2D eigenvalue weighted by Crippen LogP contribution is -2.57. The first-order valence-corrected chi connectivity index (χ1v) is 4.70. The molecule has 0 amide bonds. The number of nitrogens with zero attached hydrogens (tertiary/aromatic N) is 3. The zero-order chi connectivity index (χ0) is 12.3. The third kappa shape index (κ3) is 2.61. The van der Waals surface area contributed by atoms with Crippen LogP contribution in [0.4, 0.5) is 0 Å². The van der Waals surface area contributed by atoms with Gasteiger partial charge >= 0.3 is 5.97 Å². The van der Waals surface area contributed by atoms with Gasteiger partial charge in [0.2, 0.25) is 0 Å². The fourth-order valence-electron chi connectivity index (χ4n) is 1.53. The summed E-state index contributed by atoms with van der Waals surface area (Å²) in [5.74, 6) is -0.636. The summed E-state index contributed by atoms with van der Waals surface area (Å²) in [4.78, 5) is 13.3. The molecular weight excluding hydrogens is 218 g/mol. The SMILES string of the molecule is CC(=O)OC1C(N=[N+]=[N-])[C@H](O)OC(C)[C@H]1O. The molecule has 0 aromatic rings. The number of carbonyl (C=O) groups excluding carboxylic acids is 1. The molecule has 8 heteroatoms. The Kier molecular flexibility index (Phi) is 4.08. The second kappa shape index (κ2) is 5.13. The van der Waals surface area contributed by atoms with E-state index in [2.05, 4.69) is 10.0 Å². The highest BCUT2D eigenvalue weighted by Gasteiger charge is 2.44. The maximum absolute atomic E-state index is 10.8. The highest BCUT2D eigenvalue weighted by Crippen LogP contribution is 2.24. The van der Waals surface area contributed by atoms with Crippen molar-refractivity contribution >= 4 is 5.97 Å². The van der Waals surface area contributed by atoms with Crippen molar-refractivity contribution in [2.75, 3.05) is 0 Å². The molecule has 16 heavy (non-hydrogen) atoms. The molecule has 0 spiro atoms. The highest BCUT2D eigenvalue weighted by molar-refractivity contribution is 5.66. The number of azide groups is 1. The Hall–Kier alpha value is -1.34. The number of esters is 1. The molecule has 1 saturated heterocycles. The number of rotatable bonds is 2. The molecule has 1 aliphatic rings. The standard InChI is InChI=1S/C8H13N3O5/c1-3-6(13)7(16-4(2)12)5(10-11-9)8(14)15-3/h3,5-8,13-14H,1-2H3/t3?,5?,6-,7?,8-/m1/s1. The van der Waals surface area contributed by atoms with Gasteiger partial charge in [-0.1, -0.05) is 5.11 Å². The van der Waals surface area contributed by atoms with Crippen molar-refractivity contribution in [2.45, 2.75) is 44.5 Å². The summed E-state index contributed by atoms with van der Waals surface area (Å²) >= 11 is 0. The summed E-state index contributed by atoms with van der Waals surface area (Å²) < 4.78 is 9.74. The van der Waals surface area contributed by atoms with E-state index in [1.165, 1.54) is 6.92 Å². The molecule has 1 aliphatic heterocycles. The lowest BCUT2D eigenvalue weighted by Gasteiger charge is -2.39. The van der Waals surface area contributed by atoms with Gasteiger partial charge < -0.3 is 19.7 Å². The van der Waals surface area contributed by atoms with E-state index in [4.69, 9.17) is 15.0 Å². The molecule has 3 unspecified atom stereocenters. The van der Waals surface area contributed by atoms with Crippen LogP contribution in [-0.2, 0) is 14.3 Å². The van der Waals surface area contributed by atoms with Gasteiger partial charge in [-0.2, -0.15) is 0 Å². The summed E-state index contributed by atoms with van der Waals surface area (Å²) in [5.41, 5.74) is 8.31. The molecule has 8 nitrogen and oxygen atoms in total. The van der Waals surface area contributed by atoms with Crippen LogP contribution in [0.25, 0.3) is 10.4 Å². The van der Waals surface area contributed by atoms with Gasteiger partial charge in [0.15, 0.2) is 6.29 Å². The fourth-order valence-corrected chi connectivity index (χ4v) is 1.53. The van der Waals surface area contributed by atoms with Crippen LogP contribution < -0.4 is 0 Å². The van der Waals surface area contributed by atoms with Crippen molar-refractivity contribution in [2.24, 2.45) is 5.11 Å². The van der Waals surface area contributed by atoms with E-state index >= 15 is 0 Å². The minimum Gasteiger partial charge on any atom is -0.459 e. The molecule has 1 heterocycles. The Balaban J connectivity index is 2.91. The predicted octanol–water partition coefficient (Wildman–Crippen LogP) is -0.305. The summed E-state index contributed by atoms with van der Waals surface area (Å²) in [7, 11) is 0. The van der Waals surface area contributed by atoms with Crippen LogP contribution in [0, 0.1) is 0 Å². The van der Waals surface area contributed by atoms with E-state index in [1.54, 1.807) is 0 Å². The third-order valence-electron chi connectivity index (χ3n) is 2.29. The third-order valence-corrected chi connectivity index (χ3v) is 2.29. The van der Waals surface area contributed by atoms with E-state index in [0.717, 1.165) is 6.92 Å². The molecule has 0 radical (unpaired) electrons. The van der Waals surface area contributed by atoms with Crippen molar-refractivity contribution in [1.29, 1.82) is 0 Å². The number of hydrogen-bond acceptors (Lipinski definition) is 6. The maximum atomic E-state index is 10.8. The molecule has 5 atom stereocenters. The van der Waals surface area contributed by atoms with Crippen molar-refractivity contribution < 1.29 is 24.5 Å². The average molecular weight is 231 g/mol. The minimum atomic E-state index is -1.40. The van der Waals surface area contributed by atoms with Crippen LogP contribution in [0.5, 0.6) is 0 Å². The average Bonchev–Trinajstić information content (AvgIpc) is 2.19. The van der Waals surface area contributed by atoms with Crippen LogP contribution in [0.2, 0.25) is 0 Å². The number of aliphatic hydroxyl groups is 2. The number of carbonyl (C=O) groups is 1. The summed E-state index contributed by atoms with van der Waals surface area (Å²) in [6.45, 7) is 2.67. The van der Waals surface area contributed by atoms with Gasteiger partial charge in [-0.15, -0.1) is 0 Å². The fraction of sp³-hybridized carbons (Fsp3) is 0.875. The van der Waals surface area contributed by atoms with Crippen LogP contribution in [0.1, 0.15) is 13.8 Å². The van der Waals surface area contributed by atoms with Gasteiger partial charge in [-0.25, -0.2) is 0 Å². The van der Waals surface area contributed by atoms with E-state index < -0.39 is 36.6 Å². The second-order valence-electron chi connectivity index (χ2n) is 3.49. The number of hydrogen-bond donors (Lipinski definition) is 2. The Bertz CT molecular complexity index is 317. The van der Waals surface area contributed by atoms with Crippen molar-refractivity contribution in [3.05, 3.63) is 10.4 Å². The molecule has 0 aliphatic carbocycles. The normalized spacial score (nSPS) is 38.6. The van der Waals surface area contributed by atoms with Crippen molar-refractivity contribution in [3.63, 3.8) is 0 Å². The predicted molar refractivity (Wildman–Crippen MR) is 51.0 cm³/mol. The summed E-state index contributed by atoms with van der Waals surface area (Å²) in [6, 6.07) is -1.15. The molecule has 0 saturated carbocycles. The molecular formula is C8H13N3O5. The van der Waals surface area contributed by atoms with Gasteiger partial charge in [-0.3, -0.25) is 4.79 Å². The quantitative estimate of drug-likeness (QED) is 0.292. The Morgan fingerprint density at radius 3 is 2.69 bits per heavy atom. The van der Waals surface area contributed by atoms with Crippen LogP contribution in [-0.4, -0.2) is 46.8 Å². The maximum Gasteiger partial charge on any atom is 0.303 e. The largest absolute Gasteiger partial charge is 0.459 e. The molecule has 1 rings (SSSR count). The molecule has 90 valence electrons. The van der Waals surface area contributed by atoms with Gasteiger partial charge in [0, 0.05) is 11.8 Å². The van der Waals surface area contributed by atoms with Crippen LogP contribution >= 0.6 is 0 Å². The zero-order valence-electron chi connectivity index (χ0n) is 8.85. The Morgan fingerprint density at radius 1 is 1.56 bits per heavy atom. The van der Waals surface area contributed by atoms with E-state index in [9.17, 15) is 15.0 Å². The number of ether oxygens (including phenoxy) is 2. The highest BCUT2D eigenvalue weighted by atomic mass is 16.6. The van der Waals surface area contributed by atoms with E-state index in [1.807, 2.05) is 0 Å². The Morgan fingerprint density at radius 2 is 2.19 bits per heavy atom. The van der Waals surface area contributed by atoms with E-state index in [-0.39, 0.29) is 0 Å². The lowest BCUT2D eigenvalue weighted by atomic mass is 9.98. The summed E-state index contributed by atoms with van der Waals surface area (Å²) in [5, 5.41) is 22.4. The minimum absolute atomic E-state index is 0.636. The van der Waals surface area contributed by atoms with Crippen molar-refractivity contribution in [1.82, 2.24) is 0 Å². The van der Waals surface area contributed by atoms with Crippen LogP contribution in [0.3, 0.4) is 0 Å². The molecule has 1 fully saturated rings. The monoisotopic (exact) mass is 231 g/mol. The van der Waals surface area contributed by atoms with Crippen LogP contribution in [0.15, 0.2) is 5.11 Å². The summed E-state index contributed by atoms with van der Waals surface area (Å²) in [6.07, 6.45) is -4.38. The molecule has 2 N–H and O–H groups in total. The first kappa shape index (κ1) is 12.7. The van der Waals surface area contributed by atoms with Crippen molar-refractivity contribution in [3.8, 4) is 0 Å². The van der Waals surface area contributed by atoms with Gasteiger partial charge in [0.05, 0.1) is 6.10 Å².